The van der Waals surface area contributed by atoms with E-state index in [1.54, 1.807) is 24.3 Å². The third-order valence-corrected chi connectivity index (χ3v) is 4.47. The third-order valence-electron chi connectivity index (χ3n) is 4.47. The summed E-state index contributed by atoms with van der Waals surface area (Å²) in [5.41, 5.74) is 0.608. The molecule has 2 aliphatic heterocycles. The van der Waals surface area contributed by atoms with Crippen LogP contribution in [0.25, 0.3) is 0 Å². The van der Waals surface area contributed by atoms with Gasteiger partial charge in [-0.05, 0) is 31.4 Å². The Bertz CT molecular complexity index is 680. The van der Waals surface area contributed by atoms with Gasteiger partial charge in [0.1, 0.15) is 12.6 Å². The first kappa shape index (κ1) is 16.2. The Morgan fingerprint density at radius 1 is 1.12 bits per heavy atom. The van der Waals surface area contributed by atoms with Crippen LogP contribution in [0.5, 0.6) is 0 Å². The highest BCUT2D eigenvalue weighted by atomic mass is 16.5. The van der Waals surface area contributed by atoms with Crippen LogP contribution in [0.2, 0.25) is 0 Å². The fourth-order valence-corrected chi connectivity index (χ4v) is 3.22. The van der Waals surface area contributed by atoms with E-state index in [1.807, 2.05) is 0 Å². The molecule has 1 atom stereocenters. The van der Waals surface area contributed by atoms with Crippen molar-refractivity contribution in [2.75, 3.05) is 20.2 Å². The lowest BCUT2D eigenvalue weighted by Crippen LogP contribution is -2.52. The zero-order valence-corrected chi connectivity index (χ0v) is 13.4. The topological polar surface area (TPSA) is 84.0 Å². The van der Waals surface area contributed by atoms with Gasteiger partial charge in [-0.3, -0.25) is 19.3 Å². The number of nitrogens with zero attached hydrogens (tertiary/aromatic N) is 2. The Labute approximate surface area is 139 Å². The number of likely N-dealkylation sites (tertiary alicyclic amines) is 1. The highest BCUT2D eigenvalue weighted by molar-refractivity contribution is 6.22. The number of amides is 3. The maximum absolute atomic E-state index is 12.6. The first-order chi connectivity index (χ1) is 11.5. The van der Waals surface area contributed by atoms with E-state index in [4.69, 9.17) is 4.74 Å². The van der Waals surface area contributed by atoms with Gasteiger partial charge in [-0.25, -0.2) is 4.79 Å². The van der Waals surface area contributed by atoms with Crippen molar-refractivity contribution in [3.63, 3.8) is 0 Å². The van der Waals surface area contributed by atoms with Gasteiger partial charge in [-0.2, -0.15) is 0 Å². The molecule has 3 rings (SSSR count). The molecule has 0 saturated carbocycles. The summed E-state index contributed by atoms with van der Waals surface area (Å²) in [6.45, 7) is 0.0572. The van der Waals surface area contributed by atoms with Crippen molar-refractivity contribution < 1.29 is 23.9 Å². The van der Waals surface area contributed by atoms with Crippen molar-refractivity contribution in [3.8, 4) is 0 Å². The lowest BCUT2D eigenvalue weighted by atomic mass is 10.0. The Morgan fingerprint density at radius 3 is 2.33 bits per heavy atom. The molecule has 2 heterocycles. The van der Waals surface area contributed by atoms with Crippen LogP contribution in [0.1, 0.15) is 40.0 Å². The van der Waals surface area contributed by atoms with Gasteiger partial charge in [0, 0.05) is 6.54 Å². The number of benzene rings is 1. The van der Waals surface area contributed by atoms with Crippen molar-refractivity contribution in [1.29, 1.82) is 0 Å². The van der Waals surface area contributed by atoms with E-state index >= 15 is 0 Å². The van der Waals surface area contributed by atoms with Gasteiger partial charge in [0.05, 0.1) is 18.2 Å². The minimum Gasteiger partial charge on any atom is -0.467 e. The summed E-state index contributed by atoms with van der Waals surface area (Å²) in [6, 6.07) is 5.84. The first-order valence-electron chi connectivity index (χ1n) is 7.87. The van der Waals surface area contributed by atoms with Crippen molar-refractivity contribution in [2.45, 2.75) is 25.3 Å². The molecule has 0 spiro atoms. The molecule has 24 heavy (non-hydrogen) atoms. The molecule has 0 aromatic heterocycles. The molecule has 0 unspecified atom stereocenters. The zero-order valence-electron chi connectivity index (χ0n) is 13.4. The second kappa shape index (κ2) is 6.43. The molecule has 2 aliphatic rings. The van der Waals surface area contributed by atoms with Crippen LogP contribution in [0.4, 0.5) is 0 Å². The number of ether oxygens (including phenoxy) is 1. The Balaban J connectivity index is 1.76. The number of carbonyl (C=O) groups excluding carboxylic acids is 4. The van der Waals surface area contributed by atoms with Crippen molar-refractivity contribution in [3.05, 3.63) is 35.4 Å². The van der Waals surface area contributed by atoms with E-state index < -0.39 is 29.7 Å². The average Bonchev–Trinajstić information content (AvgIpc) is 2.86. The fraction of sp³-hybridized carbons (Fsp3) is 0.412. The summed E-state index contributed by atoms with van der Waals surface area (Å²) in [5, 5.41) is 0. The molecule has 7 nitrogen and oxygen atoms in total. The number of rotatable bonds is 3. The van der Waals surface area contributed by atoms with Gasteiger partial charge in [0.2, 0.25) is 5.91 Å². The molecule has 1 fully saturated rings. The minimum atomic E-state index is -0.647. The summed E-state index contributed by atoms with van der Waals surface area (Å²) in [4.78, 5) is 51.5. The number of esters is 1. The van der Waals surface area contributed by atoms with Gasteiger partial charge in [-0.1, -0.05) is 12.1 Å². The predicted octanol–water partition coefficient (Wildman–Crippen LogP) is 0.837. The van der Waals surface area contributed by atoms with Crippen LogP contribution in [0.3, 0.4) is 0 Å². The van der Waals surface area contributed by atoms with Crippen molar-refractivity contribution in [2.24, 2.45) is 0 Å². The molecular weight excluding hydrogens is 312 g/mol. The number of piperidine rings is 1. The van der Waals surface area contributed by atoms with Crippen LogP contribution < -0.4 is 0 Å². The molecule has 1 aromatic rings. The van der Waals surface area contributed by atoms with Crippen molar-refractivity contribution >= 4 is 23.7 Å². The molecule has 126 valence electrons. The van der Waals surface area contributed by atoms with Crippen LogP contribution in [0, 0.1) is 0 Å². The van der Waals surface area contributed by atoms with E-state index in [0.717, 1.165) is 17.7 Å². The zero-order chi connectivity index (χ0) is 17.3. The molecule has 0 bridgehead atoms. The lowest BCUT2D eigenvalue weighted by molar-refractivity contribution is -0.154. The largest absolute Gasteiger partial charge is 0.467 e. The van der Waals surface area contributed by atoms with Crippen LogP contribution >= 0.6 is 0 Å². The van der Waals surface area contributed by atoms with E-state index in [-0.39, 0.29) is 6.54 Å². The molecule has 0 N–H and O–H groups in total. The van der Waals surface area contributed by atoms with Gasteiger partial charge in [0.25, 0.3) is 11.8 Å². The maximum Gasteiger partial charge on any atom is 0.328 e. The number of carbonyl (C=O) groups is 4. The van der Waals surface area contributed by atoms with Gasteiger partial charge in [0.15, 0.2) is 0 Å². The Kier molecular flexibility index (Phi) is 4.33. The lowest BCUT2D eigenvalue weighted by Gasteiger charge is -2.34. The molecule has 3 amide bonds. The van der Waals surface area contributed by atoms with E-state index in [9.17, 15) is 19.2 Å². The minimum absolute atomic E-state index is 0.304. The predicted molar refractivity (Wildman–Crippen MR) is 83.2 cm³/mol. The SMILES string of the molecule is COC(=O)[C@H]1CCCCN1C(=O)CN1C(=O)c2ccccc2C1=O. The summed E-state index contributed by atoms with van der Waals surface area (Å²) in [6.07, 6.45) is 2.14. The number of methoxy groups -OCH3 is 1. The van der Waals surface area contributed by atoms with Crippen LogP contribution in [-0.4, -0.2) is 59.7 Å². The molecule has 1 aromatic carbocycles. The average molecular weight is 330 g/mol. The summed E-state index contributed by atoms with van der Waals surface area (Å²) in [5.74, 6) is -1.84. The monoisotopic (exact) mass is 330 g/mol. The molecule has 7 heteroatoms. The molecular formula is C17H18N2O5. The highest BCUT2D eigenvalue weighted by Gasteiger charge is 2.39. The van der Waals surface area contributed by atoms with Gasteiger partial charge >= 0.3 is 5.97 Å². The highest BCUT2D eigenvalue weighted by Crippen LogP contribution is 2.24. The number of imide groups is 1. The Morgan fingerprint density at radius 2 is 1.75 bits per heavy atom. The standard InChI is InChI=1S/C17H18N2O5/c1-24-17(23)13-8-4-5-9-18(13)14(20)10-19-15(21)11-6-2-3-7-12(11)16(19)22/h2-3,6-7,13H,4-5,8-10H2,1H3/t13-/m1/s1. The smallest absolute Gasteiger partial charge is 0.328 e. The van der Waals surface area contributed by atoms with E-state index in [1.165, 1.54) is 12.0 Å². The van der Waals surface area contributed by atoms with Gasteiger partial charge < -0.3 is 9.64 Å². The number of hydrogen-bond acceptors (Lipinski definition) is 5. The molecule has 1 saturated heterocycles. The molecule has 0 radical (unpaired) electrons. The first-order valence-corrected chi connectivity index (χ1v) is 7.87. The third kappa shape index (κ3) is 2.66. The second-order valence-corrected chi connectivity index (χ2v) is 5.86. The summed E-state index contributed by atoms with van der Waals surface area (Å²) in [7, 11) is 1.28. The Hall–Kier alpha value is -2.70. The van der Waals surface area contributed by atoms with Crippen molar-refractivity contribution in [1.82, 2.24) is 9.80 Å². The normalized spacial score (nSPS) is 20.1. The maximum atomic E-state index is 12.6. The van der Waals surface area contributed by atoms with E-state index in [0.29, 0.717) is 24.1 Å². The van der Waals surface area contributed by atoms with Crippen LogP contribution in [-0.2, 0) is 14.3 Å². The summed E-state index contributed by atoms with van der Waals surface area (Å²) < 4.78 is 4.75. The second-order valence-electron chi connectivity index (χ2n) is 5.86. The fourth-order valence-electron chi connectivity index (χ4n) is 3.22. The number of hydrogen-bond donors (Lipinski definition) is 0. The quantitative estimate of drug-likeness (QED) is 0.606. The molecule has 0 aliphatic carbocycles. The van der Waals surface area contributed by atoms with Gasteiger partial charge in [-0.15, -0.1) is 0 Å². The van der Waals surface area contributed by atoms with Crippen LogP contribution in [0.15, 0.2) is 24.3 Å². The summed E-state index contributed by atoms with van der Waals surface area (Å²) >= 11 is 0. The number of fused-ring (bicyclic) bond motifs is 1. The van der Waals surface area contributed by atoms with E-state index in [2.05, 4.69) is 0 Å².